The average molecular weight is 653 g/mol. The van der Waals surface area contributed by atoms with E-state index in [0.29, 0.717) is 0 Å². The Kier molecular flexibility index (Phi) is 7.06. The first kappa shape index (κ1) is 29.5. The molecule has 7 aromatic carbocycles. The van der Waals surface area contributed by atoms with E-state index >= 15 is 0 Å². The van der Waals surface area contributed by atoms with Crippen molar-refractivity contribution in [3.63, 3.8) is 0 Å². The summed E-state index contributed by atoms with van der Waals surface area (Å²) in [6.45, 7) is 0. The number of hydrogen-bond acceptors (Lipinski definition) is 0. The number of fused-ring (bicyclic) bond motifs is 6. The first-order chi connectivity index (χ1) is 25.3. The predicted molar refractivity (Wildman–Crippen MR) is 215 cm³/mol. The number of para-hydroxylation sites is 3. The second kappa shape index (κ2) is 12.2. The van der Waals surface area contributed by atoms with Gasteiger partial charge in [0.15, 0.2) is 0 Å². The van der Waals surface area contributed by atoms with Gasteiger partial charge >= 0.3 is 0 Å². The molecule has 0 radical (unpaired) electrons. The minimum atomic E-state index is 0.908. The van der Waals surface area contributed by atoms with Gasteiger partial charge in [-0.15, -0.1) is 0 Å². The van der Waals surface area contributed by atoms with Gasteiger partial charge in [-0.25, -0.2) is 0 Å². The van der Waals surface area contributed by atoms with E-state index in [1.54, 1.807) is 0 Å². The molecule has 0 saturated heterocycles. The maximum absolute atomic E-state index is 2.42. The van der Waals surface area contributed by atoms with Crippen molar-refractivity contribution in [3.8, 4) is 33.6 Å². The summed E-state index contributed by atoms with van der Waals surface area (Å²) in [5, 5.41) is 3.94. The zero-order chi connectivity index (χ0) is 33.7. The Balaban J connectivity index is 0.848. The van der Waals surface area contributed by atoms with Crippen LogP contribution in [0.5, 0.6) is 0 Å². The lowest BCUT2D eigenvalue weighted by Gasteiger charge is -2.13. The second-order valence-electron chi connectivity index (χ2n) is 13.7. The van der Waals surface area contributed by atoms with E-state index in [1.807, 2.05) is 0 Å². The zero-order valence-corrected chi connectivity index (χ0v) is 28.3. The fourth-order valence-electron chi connectivity index (χ4n) is 8.14. The third-order valence-corrected chi connectivity index (χ3v) is 10.7. The number of aromatic nitrogens is 2. The lowest BCUT2D eigenvalue weighted by molar-refractivity contribution is 0.967. The van der Waals surface area contributed by atoms with Crippen molar-refractivity contribution in [2.24, 2.45) is 0 Å². The van der Waals surface area contributed by atoms with Crippen LogP contribution >= 0.6 is 0 Å². The van der Waals surface area contributed by atoms with Crippen LogP contribution in [0.3, 0.4) is 0 Å². The van der Waals surface area contributed by atoms with Crippen LogP contribution < -0.4 is 0 Å². The number of nitrogens with zero attached hydrogens (tertiary/aromatic N) is 2. The van der Waals surface area contributed by atoms with E-state index < -0.39 is 0 Å². The molecule has 0 amide bonds. The van der Waals surface area contributed by atoms with Crippen LogP contribution in [-0.2, 0) is 12.8 Å². The summed E-state index contributed by atoms with van der Waals surface area (Å²) < 4.78 is 4.79. The molecule has 0 aliphatic heterocycles. The third kappa shape index (κ3) is 5.11. The van der Waals surface area contributed by atoms with Crippen molar-refractivity contribution in [3.05, 3.63) is 198 Å². The highest BCUT2D eigenvalue weighted by molar-refractivity contribution is 6.09. The van der Waals surface area contributed by atoms with Crippen LogP contribution in [0.2, 0.25) is 0 Å². The van der Waals surface area contributed by atoms with Gasteiger partial charge in [0.05, 0.1) is 16.6 Å². The Morgan fingerprint density at radius 1 is 0.392 bits per heavy atom. The summed E-state index contributed by atoms with van der Waals surface area (Å²) in [5.74, 6) is 0. The van der Waals surface area contributed by atoms with Gasteiger partial charge in [0.2, 0.25) is 0 Å². The van der Waals surface area contributed by atoms with Crippen LogP contribution in [0.25, 0.3) is 72.4 Å². The molecule has 0 atom stereocenters. The van der Waals surface area contributed by atoms with Crippen molar-refractivity contribution in [2.45, 2.75) is 19.3 Å². The Labute approximate surface area is 298 Å². The monoisotopic (exact) mass is 652 g/mol. The summed E-state index contributed by atoms with van der Waals surface area (Å²) in [7, 11) is 0. The minimum Gasteiger partial charge on any atom is -0.310 e. The summed E-state index contributed by atoms with van der Waals surface area (Å²) in [4.78, 5) is 0. The molecule has 0 fully saturated rings. The molecular formula is C49H36N2. The summed E-state index contributed by atoms with van der Waals surface area (Å²) >= 11 is 0. The third-order valence-electron chi connectivity index (χ3n) is 10.7. The molecule has 2 heterocycles. The standard InChI is InChI=1S/C49H36N2/c1-5-13-46-42(9-1)43-10-2-6-14-47(43)50(46)40-29-25-38(26-30-40)36-21-17-34(18-22-36)33-35-19-23-37(24-20-35)39-27-31-41(32-28-39)51-48-15-7-3-11-44(48)45-12-4-8-16-49(45)51/h1-3,5-11,13-32H,4,12,33H2. The highest BCUT2D eigenvalue weighted by Gasteiger charge is 2.18. The van der Waals surface area contributed by atoms with Gasteiger partial charge in [-0.05, 0) is 107 Å². The molecule has 51 heavy (non-hydrogen) atoms. The molecule has 0 N–H and O–H groups in total. The number of benzene rings is 7. The number of allylic oxidation sites excluding steroid dienone is 1. The van der Waals surface area contributed by atoms with Gasteiger partial charge in [0.1, 0.15) is 0 Å². The Bertz CT molecular complexity index is 2670. The molecule has 1 aliphatic carbocycles. The first-order valence-corrected chi connectivity index (χ1v) is 18.0. The molecule has 0 saturated carbocycles. The van der Waals surface area contributed by atoms with E-state index in [2.05, 4.69) is 191 Å². The Morgan fingerprint density at radius 2 is 0.804 bits per heavy atom. The van der Waals surface area contributed by atoms with Gasteiger partial charge in [0, 0.05) is 33.2 Å². The predicted octanol–water partition coefficient (Wildman–Crippen LogP) is 12.6. The van der Waals surface area contributed by atoms with Crippen molar-refractivity contribution >= 4 is 38.8 Å². The molecule has 2 aromatic heterocycles. The van der Waals surface area contributed by atoms with E-state index in [4.69, 9.17) is 0 Å². The van der Waals surface area contributed by atoms with Crippen LogP contribution in [0, 0.1) is 0 Å². The second-order valence-corrected chi connectivity index (χ2v) is 13.7. The quantitative estimate of drug-likeness (QED) is 0.169. The van der Waals surface area contributed by atoms with Crippen molar-refractivity contribution in [1.82, 2.24) is 9.13 Å². The molecule has 0 unspecified atom stereocenters. The van der Waals surface area contributed by atoms with Gasteiger partial charge in [-0.2, -0.15) is 0 Å². The maximum atomic E-state index is 2.42. The SMILES string of the molecule is C1=Cc2c(c3ccccc3n2-c2ccc(-c3ccc(Cc4ccc(-c5ccc(-n6c7ccccc7c7ccccc76)cc5)cc4)cc3)cc2)CC1. The number of aryl methyl sites for hydroxylation is 1. The van der Waals surface area contributed by atoms with E-state index in [-0.39, 0.29) is 0 Å². The maximum Gasteiger partial charge on any atom is 0.0541 e. The van der Waals surface area contributed by atoms with Crippen molar-refractivity contribution in [2.75, 3.05) is 0 Å². The van der Waals surface area contributed by atoms with Crippen molar-refractivity contribution < 1.29 is 0 Å². The van der Waals surface area contributed by atoms with E-state index in [1.165, 1.54) is 88.7 Å². The molecule has 0 bridgehead atoms. The lowest BCUT2D eigenvalue weighted by atomic mass is 9.98. The fraction of sp³-hybridized carbons (Fsp3) is 0.0612. The smallest absolute Gasteiger partial charge is 0.0541 e. The zero-order valence-electron chi connectivity index (χ0n) is 28.3. The van der Waals surface area contributed by atoms with E-state index in [9.17, 15) is 0 Å². The molecule has 1 aliphatic rings. The normalized spacial score (nSPS) is 12.5. The van der Waals surface area contributed by atoms with Crippen molar-refractivity contribution in [1.29, 1.82) is 0 Å². The summed E-state index contributed by atoms with van der Waals surface area (Å²) in [6, 6.07) is 62.2. The Morgan fingerprint density at radius 3 is 1.31 bits per heavy atom. The molecule has 0 spiro atoms. The lowest BCUT2D eigenvalue weighted by Crippen LogP contribution is -2.00. The highest BCUT2D eigenvalue weighted by atomic mass is 15.0. The van der Waals surface area contributed by atoms with Gasteiger partial charge in [0.25, 0.3) is 0 Å². The molecule has 242 valence electrons. The average Bonchev–Trinajstić information content (AvgIpc) is 3.72. The summed E-state index contributed by atoms with van der Waals surface area (Å²) in [6.07, 6.45) is 7.72. The van der Waals surface area contributed by atoms with Crippen LogP contribution in [0.15, 0.2) is 176 Å². The summed E-state index contributed by atoms with van der Waals surface area (Å²) in [5.41, 5.74) is 16.5. The number of hydrogen-bond donors (Lipinski definition) is 0. The number of rotatable bonds is 6. The van der Waals surface area contributed by atoms with Gasteiger partial charge in [-0.1, -0.05) is 133 Å². The van der Waals surface area contributed by atoms with Crippen LogP contribution in [0.1, 0.15) is 28.8 Å². The molecule has 2 heteroatoms. The Hall–Kier alpha value is -6.38. The van der Waals surface area contributed by atoms with E-state index in [0.717, 1.165) is 19.3 Å². The van der Waals surface area contributed by atoms with Gasteiger partial charge in [-0.3, -0.25) is 0 Å². The largest absolute Gasteiger partial charge is 0.310 e. The highest BCUT2D eigenvalue weighted by Crippen LogP contribution is 2.35. The first-order valence-electron chi connectivity index (χ1n) is 18.0. The molecule has 10 rings (SSSR count). The molecule has 9 aromatic rings. The van der Waals surface area contributed by atoms with Crippen LogP contribution in [-0.4, -0.2) is 9.13 Å². The minimum absolute atomic E-state index is 0.908. The fourth-order valence-corrected chi connectivity index (χ4v) is 8.14. The molecule has 2 nitrogen and oxygen atoms in total. The molecular weight excluding hydrogens is 617 g/mol. The van der Waals surface area contributed by atoms with Crippen LogP contribution in [0.4, 0.5) is 0 Å². The topological polar surface area (TPSA) is 9.86 Å². The van der Waals surface area contributed by atoms with Gasteiger partial charge < -0.3 is 9.13 Å².